The van der Waals surface area contributed by atoms with E-state index in [2.05, 4.69) is 16.0 Å². The maximum absolute atomic E-state index is 12.9. The van der Waals surface area contributed by atoms with Crippen molar-refractivity contribution >= 4 is 17.6 Å². The van der Waals surface area contributed by atoms with Crippen LogP contribution in [0.15, 0.2) is 30.3 Å². The minimum atomic E-state index is -1.15. The zero-order valence-corrected chi connectivity index (χ0v) is 18.6. The number of aliphatic hydroxyl groups is 1. The maximum atomic E-state index is 12.9. The molecule has 8 heteroatoms. The van der Waals surface area contributed by atoms with Crippen LogP contribution in [0.4, 0.5) is 0 Å². The number of nitrogens with two attached hydrogens (primary N) is 1. The van der Waals surface area contributed by atoms with Crippen LogP contribution in [0.1, 0.15) is 45.1 Å². The summed E-state index contributed by atoms with van der Waals surface area (Å²) >= 11 is 0. The van der Waals surface area contributed by atoms with Gasteiger partial charge in [-0.25, -0.2) is 0 Å². The summed E-state index contributed by atoms with van der Waals surface area (Å²) in [5.41, 5.74) is 6.75. The van der Waals surface area contributed by atoms with E-state index in [4.69, 9.17) is 5.73 Å². The van der Waals surface area contributed by atoms with Crippen molar-refractivity contribution < 1.29 is 19.5 Å². The molecule has 5 atom stereocenters. The molecular weight excluding hydrogens is 396 g/mol. The SMILES string of the molecule is CC(C)C(=O)[C@H](CCN)NC(=O)[C@@H](NC(=O)C1CNCC(c2ccccc2)C1)[C@H](C)O. The monoisotopic (exact) mass is 432 g/mol. The molecule has 172 valence electrons. The van der Waals surface area contributed by atoms with E-state index in [0.29, 0.717) is 19.4 Å². The molecule has 0 aliphatic carbocycles. The quantitative estimate of drug-likeness (QED) is 0.361. The van der Waals surface area contributed by atoms with Crippen molar-refractivity contribution in [1.82, 2.24) is 16.0 Å². The minimum absolute atomic E-state index is 0.128. The van der Waals surface area contributed by atoms with Gasteiger partial charge in [-0.15, -0.1) is 0 Å². The Morgan fingerprint density at radius 3 is 2.39 bits per heavy atom. The molecule has 1 aromatic carbocycles. The van der Waals surface area contributed by atoms with Crippen LogP contribution in [0.5, 0.6) is 0 Å². The number of Topliss-reactive ketones (excluding diaryl/α,β-unsaturated/α-hetero) is 1. The van der Waals surface area contributed by atoms with Crippen LogP contribution in [0.3, 0.4) is 0 Å². The normalized spacial score (nSPS) is 21.7. The number of amides is 2. The number of hydrogen-bond donors (Lipinski definition) is 5. The zero-order chi connectivity index (χ0) is 23.0. The fourth-order valence-corrected chi connectivity index (χ4v) is 3.91. The third kappa shape index (κ3) is 7.12. The average Bonchev–Trinajstić information content (AvgIpc) is 2.76. The molecule has 1 aliphatic heterocycles. The number of piperidine rings is 1. The lowest BCUT2D eigenvalue weighted by Gasteiger charge is -2.31. The lowest BCUT2D eigenvalue weighted by molar-refractivity contribution is -0.136. The molecule has 0 aromatic heterocycles. The summed E-state index contributed by atoms with van der Waals surface area (Å²) in [7, 11) is 0. The van der Waals surface area contributed by atoms with Crippen LogP contribution in [0.2, 0.25) is 0 Å². The van der Waals surface area contributed by atoms with Crippen LogP contribution in [-0.2, 0) is 14.4 Å². The predicted octanol–water partition coefficient (Wildman–Crippen LogP) is 0.304. The number of rotatable bonds is 10. The Hall–Kier alpha value is -2.29. The third-order valence-electron chi connectivity index (χ3n) is 5.74. The van der Waals surface area contributed by atoms with E-state index in [1.807, 2.05) is 30.3 Å². The summed E-state index contributed by atoms with van der Waals surface area (Å²) in [6, 6.07) is 8.10. The van der Waals surface area contributed by atoms with Crippen LogP contribution < -0.4 is 21.7 Å². The third-order valence-corrected chi connectivity index (χ3v) is 5.74. The topological polar surface area (TPSA) is 134 Å². The van der Waals surface area contributed by atoms with Gasteiger partial charge in [0.05, 0.1) is 18.1 Å². The van der Waals surface area contributed by atoms with Gasteiger partial charge in [-0.3, -0.25) is 14.4 Å². The molecule has 2 amide bonds. The highest BCUT2D eigenvalue weighted by Crippen LogP contribution is 2.26. The molecule has 1 heterocycles. The molecule has 1 aliphatic rings. The smallest absolute Gasteiger partial charge is 0.245 e. The lowest BCUT2D eigenvalue weighted by atomic mass is 9.85. The molecule has 31 heavy (non-hydrogen) atoms. The number of benzene rings is 1. The molecule has 1 fully saturated rings. The van der Waals surface area contributed by atoms with Gasteiger partial charge in [0.15, 0.2) is 5.78 Å². The zero-order valence-electron chi connectivity index (χ0n) is 18.6. The van der Waals surface area contributed by atoms with Crippen molar-refractivity contribution in [2.75, 3.05) is 19.6 Å². The van der Waals surface area contributed by atoms with E-state index in [1.54, 1.807) is 13.8 Å². The first-order valence-corrected chi connectivity index (χ1v) is 11.0. The standard InChI is InChI=1S/C23H36N4O4/c1-14(2)21(29)19(9-10-24)26-23(31)20(15(3)28)27-22(30)18-11-17(12-25-13-18)16-7-5-4-6-8-16/h4-8,14-15,17-20,25,28H,9-13,24H2,1-3H3,(H,26,31)(H,27,30)/t15-,17?,18?,19-,20-/m0/s1. The maximum Gasteiger partial charge on any atom is 0.245 e. The first-order chi connectivity index (χ1) is 14.7. The van der Waals surface area contributed by atoms with Crippen molar-refractivity contribution in [2.24, 2.45) is 17.6 Å². The van der Waals surface area contributed by atoms with Crippen molar-refractivity contribution in [2.45, 2.75) is 57.7 Å². The van der Waals surface area contributed by atoms with Gasteiger partial charge in [-0.1, -0.05) is 44.2 Å². The molecule has 1 saturated heterocycles. The van der Waals surface area contributed by atoms with Gasteiger partial charge in [0.2, 0.25) is 11.8 Å². The summed E-state index contributed by atoms with van der Waals surface area (Å²) in [4.78, 5) is 38.1. The van der Waals surface area contributed by atoms with Crippen molar-refractivity contribution in [3.8, 4) is 0 Å². The Labute approximate surface area is 184 Å². The second-order valence-corrected chi connectivity index (χ2v) is 8.62. The van der Waals surface area contributed by atoms with Crippen LogP contribution in [0, 0.1) is 11.8 Å². The van der Waals surface area contributed by atoms with Crippen molar-refractivity contribution in [3.63, 3.8) is 0 Å². The molecule has 1 aromatic rings. The highest BCUT2D eigenvalue weighted by molar-refractivity contribution is 5.94. The average molecular weight is 433 g/mol. The predicted molar refractivity (Wildman–Crippen MR) is 119 cm³/mol. The van der Waals surface area contributed by atoms with Gasteiger partial charge in [0.1, 0.15) is 6.04 Å². The van der Waals surface area contributed by atoms with E-state index >= 15 is 0 Å². The molecule has 2 rings (SSSR count). The van der Waals surface area contributed by atoms with Gasteiger partial charge < -0.3 is 26.8 Å². The van der Waals surface area contributed by atoms with Crippen molar-refractivity contribution in [3.05, 3.63) is 35.9 Å². The highest BCUT2D eigenvalue weighted by atomic mass is 16.3. The molecule has 6 N–H and O–H groups in total. The summed E-state index contributed by atoms with van der Waals surface area (Å²) < 4.78 is 0. The van der Waals surface area contributed by atoms with Crippen LogP contribution >= 0.6 is 0 Å². The van der Waals surface area contributed by atoms with E-state index in [9.17, 15) is 19.5 Å². The number of carbonyl (C=O) groups is 3. The van der Waals surface area contributed by atoms with Gasteiger partial charge in [0.25, 0.3) is 0 Å². The Kier molecular flexibility index (Phi) is 9.61. The number of nitrogens with one attached hydrogen (secondary N) is 3. The summed E-state index contributed by atoms with van der Waals surface area (Å²) in [6.45, 7) is 6.48. The Balaban J connectivity index is 2.03. The fourth-order valence-electron chi connectivity index (χ4n) is 3.91. The highest BCUT2D eigenvalue weighted by Gasteiger charge is 2.34. The second-order valence-electron chi connectivity index (χ2n) is 8.62. The van der Waals surface area contributed by atoms with E-state index in [-0.39, 0.29) is 36.0 Å². The summed E-state index contributed by atoms with van der Waals surface area (Å²) in [5, 5.41) is 18.8. The molecule has 0 bridgehead atoms. The summed E-state index contributed by atoms with van der Waals surface area (Å²) in [5.74, 6) is -1.40. The number of hydrogen-bond acceptors (Lipinski definition) is 6. The first-order valence-electron chi connectivity index (χ1n) is 11.0. The molecular formula is C23H36N4O4. The van der Waals surface area contributed by atoms with Crippen molar-refractivity contribution in [1.29, 1.82) is 0 Å². The fraction of sp³-hybridized carbons (Fsp3) is 0.609. The molecule has 0 radical (unpaired) electrons. The van der Waals surface area contributed by atoms with E-state index in [1.165, 1.54) is 6.92 Å². The molecule has 0 spiro atoms. The number of carbonyl (C=O) groups excluding carboxylic acids is 3. The van der Waals surface area contributed by atoms with Crippen LogP contribution in [-0.4, -0.2) is 60.5 Å². The van der Waals surface area contributed by atoms with Crippen LogP contribution in [0.25, 0.3) is 0 Å². The van der Waals surface area contributed by atoms with Gasteiger partial charge in [-0.2, -0.15) is 0 Å². The van der Waals surface area contributed by atoms with Gasteiger partial charge in [0, 0.05) is 19.0 Å². The Bertz CT molecular complexity index is 738. The summed E-state index contributed by atoms with van der Waals surface area (Å²) in [6.07, 6.45) is -0.161. The van der Waals surface area contributed by atoms with E-state index in [0.717, 1.165) is 12.1 Å². The lowest BCUT2D eigenvalue weighted by Crippen LogP contribution is -2.58. The molecule has 0 saturated carbocycles. The molecule has 2 unspecified atom stereocenters. The van der Waals surface area contributed by atoms with Gasteiger partial charge in [-0.05, 0) is 37.8 Å². The number of ketones is 1. The Morgan fingerprint density at radius 1 is 1.13 bits per heavy atom. The van der Waals surface area contributed by atoms with E-state index < -0.39 is 24.1 Å². The van der Waals surface area contributed by atoms with Gasteiger partial charge >= 0.3 is 0 Å². The largest absolute Gasteiger partial charge is 0.391 e. The Morgan fingerprint density at radius 2 is 1.81 bits per heavy atom. The molecule has 8 nitrogen and oxygen atoms in total. The second kappa shape index (κ2) is 11.9. The minimum Gasteiger partial charge on any atom is -0.391 e. The number of aliphatic hydroxyl groups excluding tert-OH is 1. The first kappa shape index (κ1) is 25.0.